The molecule has 3 N–H and O–H groups in total. The van der Waals surface area contributed by atoms with Crippen LogP contribution in [-0.4, -0.2) is 21.0 Å². The minimum atomic E-state index is -3.48. The highest BCUT2D eigenvalue weighted by atomic mass is 32.2. The van der Waals surface area contributed by atoms with Gasteiger partial charge in [-0.3, -0.25) is 0 Å². The number of benzene rings is 1. The summed E-state index contributed by atoms with van der Waals surface area (Å²) in [7, 11) is -3.48. The van der Waals surface area contributed by atoms with E-state index in [1.54, 1.807) is 12.1 Å². The fraction of sp³-hybridized carbons (Fsp3) is 0.667. The fourth-order valence-corrected chi connectivity index (χ4v) is 4.05. The Labute approximate surface area is 141 Å². The van der Waals surface area contributed by atoms with E-state index in [4.69, 9.17) is 5.73 Å². The highest BCUT2D eigenvalue weighted by Gasteiger charge is 2.23. The van der Waals surface area contributed by atoms with Crippen LogP contribution in [0.25, 0.3) is 0 Å². The summed E-state index contributed by atoms with van der Waals surface area (Å²) in [6, 6.07) is 6.89. The Kier molecular flexibility index (Phi) is 7.71. The molecule has 132 valence electrons. The first-order valence-electron chi connectivity index (χ1n) is 8.46. The van der Waals surface area contributed by atoms with Gasteiger partial charge in [-0.15, -0.1) is 0 Å². The molecule has 0 aliphatic rings. The van der Waals surface area contributed by atoms with Crippen molar-refractivity contribution in [2.45, 2.75) is 58.4 Å². The van der Waals surface area contributed by atoms with Crippen LogP contribution in [-0.2, 0) is 10.0 Å². The van der Waals surface area contributed by atoms with Crippen LogP contribution in [0.4, 0.5) is 0 Å². The first kappa shape index (κ1) is 20.1. The Morgan fingerprint density at radius 3 is 2.00 bits per heavy atom. The number of nitrogens with one attached hydrogen (secondary N) is 1. The van der Waals surface area contributed by atoms with Gasteiger partial charge in [-0.05, 0) is 56.2 Å². The van der Waals surface area contributed by atoms with Crippen molar-refractivity contribution in [3.05, 3.63) is 29.8 Å². The number of hydrogen-bond acceptors (Lipinski definition) is 3. The summed E-state index contributed by atoms with van der Waals surface area (Å²) in [5, 5.41) is 0. The third kappa shape index (κ3) is 6.24. The zero-order chi connectivity index (χ0) is 17.6. The maximum atomic E-state index is 12.6. The maximum absolute atomic E-state index is 12.6. The molecule has 1 aromatic carbocycles. The summed E-state index contributed by atoms with van der Waals surface area (Å²) in [6.07, 6.45) is 1.75. The molecule has 0 amide bonds. The van der Waals surface area contributed by atoms with Gasteiger partial charge in [-0.25, -0.2) is 13.1 Å². The third-order valence-electron chi connectivity index (χ3n) is 4.54. The van der Waals surface area contributed by atoms with Crippen LogP contribution in [0.1, 0.15) is 46.1 Å². The van der Waals surface area contributed by atoms with Crippen LogP contribution in [0.2, 0.25) is 0 Å². The van der Waals surface area contributed by atoms with Gasteiger partial charge >= 0.3 is 0 Å². The Morgan fingerprint density at radius 2 is 1.57 bits per heavy atom. The minimum Gasteiger partial charge on any atom is -0.330 e. The summed E-state index contributed by atoms with van der Waals surface area (Å²) >= 11 is 0. The first-order chi connectivity index (χ1) is 10.7. The van der Waals surface area contributed by atoms with Crippen LogP contribution in [0.15, 0.2) is 29.2 Å². The average molecular weight is 341 g/mol. The van der Waals surface area contributed by atoms with Crippen molar-refractivity contribution in [2.24, 2.45) is 23.5 Å². The largest absolute Gasteiger partial charge is 0.330 e. The summed E-state index contributed by atoms with van der Waals surface area (Å²) in [6.45, 7) is 11.0. The lowest BCUT2D eigenvalue weighted by molar-refractivity contribution is 0.319. The lowest BCUT2D eigenvalue weighted by Gasteiger charge is -2.26. The van der Waals surface area contributed by atoms with Gasteiger partial charge in [0.1, 0.15) is 0 Å². The average Bonchev–Trinajstić information content (AvgIpc) is 2.46. The van der Waals surface area contributed by atoms with Crippen molar-refractivity contribution in [1.82, 2.24) is 4.72 Å². The summed E-state index contributed by atoms with van der Waals surface area (Å²) < 4.78 is 28.0. The molecule has 1 rings (SSSR count). The van der Waals surface area contributed by atoms with Crippen molar-refractivity contribution in [3.8, 4) is 0 Å². The topological polar surface area (TPSA) is 72.2 Å². The zero-order valence-electron chi connectivity index (χ0n) is 15.0. The van der Waals surface area contributed by atoms with E-state index in [0.29, 0.717) is 23.3 Å². The number of aryl methyl sites for hydroxylation is 1. The molecule has 5 heteroatoms. The molecule has 0 unspecified atom stereocenters. The van der Waals surface area contributed by atoms with Crippen molar-refractivity contribution in [2.75, 3.05) is 6.54 Å². The second-order valence-electron chi connectivity index (χ2n) is 7.10. The lowest BCUT2D eigenvalue weighted by Crippen LogP contribution is -2.39. The predicted molar refractivity (Wildman–Crippen MR) is 96.7 cm³/mol. The molecule has 0 spiro atoms. The molecular formula is C18H32N2O2S. The van der Waals surface area contributed by atoms with E-state index in [0.717, 1.165) is 18.4 Å². The van der Waals surface area contributed by atoms with E-state index >= 15 is 0 Å². The van der Waals surface area contributed by atoms with E-state index in [2.05, 4.69) is 32.4 Å². The molecule has 0 aliphatic carbocycles. The van der Waals surface area contributed by atoms with Crippen LogP contribution >= 0.6 is 0 Å². The number of sulfonamides is 1. The molecule has 0 bridgehead atoms. The normalized spacial score (nSPS) is 15.1. The SMILES string of the molecule is Cc1ccc(S(=O)(=O)N[C@@H](CC[C@@H](CN)C(C)C)C(C)C)cc1. The second-order valence-corrected chi connectivity index (χ2v) is 8.82. The molecule has 0 radical (unpaired) electrons. The van der Waals surface area contributed by atoms with Gasteiger partial charge < -0.3 is 5.73 Å². The Hall–Kier alpha value is -0.910. The quantitative estimate of drug-likeness (QED) is 0.724. The van der Waals surface area contributed by atoms with Gasteiger partial charge in [-0.2, -0.15) is 0 Å². The van der Waals surface area contributed by atoms with Gasteiger partial charge in [-0.1, -0.05) is 45.4 Å². The minimum absolute atomic E-state index is 0.0749. The van der Waals surface area contributed by atoms with Gasteiger partial charge in [0, 0.05) is 6.04 Å². The monoisotopic (exact) mass is 340 g/mol. The van der Waals surface area contributed by atoms with E-state index in [1.165, 1.54) is 0 Å². The molecule has 0 aromatic heterocycles. The second kappa shape index (κ2) is 8.81. The Morgan fingerprint density at radius 1 is 1.00 bits per heavy atom. The smallest absolute Gasteiger partial charge is 0.240 e. The molecule has 0 aliphatic heterocycles. The van der Waals surface area contributed by atoms with Gasteiger partial charge in [0.15, 0.2) is 0 Å². The summed E-state index contributed by atoms with van der Waals surface area (Å²) in [4.78, 5) is 0.327. The summed E-state index contributed by atoms with van der Waals surface area (Å²) in [5.41, 5.74) is 6.88. The fourth-order valence-electron chi connectivity index (χ4n) is 2.63. The van der Waals surface area contributed by atoms with Crippen molar-refractivity contribution >= 4 is 10.0 Å². The summed E-state index contributed by atoms with van der Waals surface area (Å²) in [5.74, 6) is 1.18. The lowest BCUT2D eigenvalue weighted by atomic mass is 9.88. The van der Waals surface area contributed by atoms with Crippen molar-refractivity contribution in [1.29, 1.82) is 0 Å². The maximum Gasteiger partial charge on any atom is 0.240 e. The molecule has 1 aromatic rings. The molecule has 23 heavy (non-hydrogen) atoms. The number of nitrogens with two attached hydrogens (primary N) is 1. The van der Waals surface area contributed by atoms with E-state index in [-0.39, 0.29) is 12.0 Å². The predicted octanol–water partition coefficient (Wildman–Crippen LogP) is 3.31. The molecule has 4 nitrogen and oxygen atoms in total. The van der Waals surface area contributed by atoms with Gasteiger partial charge in [0.25, 0.3) is 0 Å². The van der Waals surface area contributed by atoms with E-state index in [1.807, 2.05) is 19.1 Å². The van der Waals surface area contributed by atoms with Gasteiger partial charge in [0.2, 0.25) is 10.0 Å². The van der Waals surface area contributed by atoms with Crippen LogP contribution < -0.4 is 10.5 Å². The van der Waals surface area contributed by atoms with Crippen LogP contribution in [0, 0.1) is 24.7 Å². The zero-order valence-corrected chi connectivity index (χ0v) is 15.9. The molecule has 0 heterocycles. The molecule has 0 saturated heterocycles. The molecule has 0 saturated carbocycles. The highest BCUT2D eigenvalue weighted by Crippen LogP contribution is 2.21. The number of rotatable bonds is 9. The molecule has 2 atom stereocenters. The van der Waals surface area contributed by atoms with Crippen LogP contribution in [0.3, 0.4) is 0 Å². The number of hydrogen-bond donors (Lipinski definition) is 2. The molecular weight excluding hydrogens is 308 g/mol. The van der Waals surface area contributed by atoms with E-state index in [9.17, 15) is 8.42 Å². The third-order valence-corrected chi connectivity index (χ3v) is 6.04. The highest BCUT2D eigenvalue weighted by molar-refractivity contribution is 7.89. The van der Waals surface area contributed by atoms with Crippen LogP contribution in [0.5, 0.6) is 0 Å². The first-order valence-corrected chi connectivity index (χ1v) is 9.94. The van der Waals surface area contributed by atoms with E-state index < -0.39 is 10.0 Å². The molecule has 0 fully saturated rings. The standard InChI is InChI=1S/C18H32N2O2S/c1-13(2)16(12-19)8-11-18(14(3)4)20-23(21,22)17-9-6-15(5)7-10-17/h6-7,9-10,13-14,16,18,20H,8,11-12,19H2,1-5H3/t16-,18-/m0/s1. The van der Waals surface area contributed by atoms with Gasteiger partial charge in [0.05, 0.1) is 4.90 Å². The Balaban J connectivity index is 2.80. The van der Waals surface area contributed by atoms with Crippen molar-refractivity contribution < 1.29 is 8.42 Å². The van der Waals surface area contributed by atoms with Crippen molar-refractivity contribution in [3.63, 3.8) is 0 Å². The Bertz CT molecular complexity index is 565.